The first kappa shape index (κ1) is 9.13. The summed E-state index contributed by atoms with van der Waals surface area (Å²) in [6.07, 6.45) is 0. The molecule has 0 saturated heterocycles. The Bertz CT molecular complexity index is 252. The van der Waals surface area contributed by atoms with Crippen molar-refractivity contribution in [3.05, 3.63) is 22.9 Å². The molecule has 3 heteroatoms. The smallest absolute Gasteiger partial charge is 0.221 e. The molecule has 1 heterocycles. The van der Waals surface area contributed by atoms with Gasteiger partial charge in [0.25, 0.3) is 0 Å². The molecule has 0 aromatic carbocycles. The molecule has 0 unspecified atom stereocenters. The molecule has 3 nitrogen and oxygen atoms in total. The first-order chi connectivity index (χ1) is 5.45. The van der Waals surface area contributed by atoms with Crippen LogP contribution in [0.3, 0.4) is 0 Å². The Balaban J connectivity index is 3.25. The van der Waals surface area contributed by atoms with E-state index in [1.807, 2.05) is 27.8 Å². The van der Waals surface area contributed by atoms with E-state index in [4.69, 9.17) is 0 Å². The molecule has 0 aromatic heterocycles. The monoisotopic (exact) mass is 170 g/mol. The van der Waals surface area contributed by atoms with E-state index in [2.05, 4.69) is 0 Å². The molecule has 0 radical (unpaired) electrons. The Morgan fingerprint density at radius 1 is 1.08 bits per heavy atom. The van der Waals surface area contributed by atoms with Crippen LogP contribution in [0, 0.1) is 0 Å². The second kappa shape index (κ2) is 2.52. The van der Waals surface area contributed by atoms with Crippen LogP contribution in [0.2, 0.25) is 0 Å². The molecular formula is C9H16NO2+. The lowest BCUT2D eigenvalue weighted by Crippen LogP contribution is -2.38. The minimum atomic E-state index is 0.0388. The highest BCUT2D eigenvalue weighted by atomic mass is 16.3. The van der Waals surface area contributed by atoms with Crippen molar-refractivity contribution in [2.75, 3.05) is 13.6 Å². The van der Waals surface area contributed by atoms with Crippen LogP contribution < -0.4 is 0 Å². The predicted molar refractivity (Wildman–Crippen MR) is 47.4 cm³/mol. The normalized spacial score (nSPS) is 22.3. The first-order valence-corrected chi connectivity index (χ1v) is 4.11. The largest absolute Gasteiger partial charge is 0.500 e. The molecule has 1 rings (SSSR count). The minimum Gasteiger partial charge on any atom is -0.500 e. The Hall–Kier alpha value is -0.960. The molecular weight excluding hydrogens is 154 g/mol. The third kappa shape index (κ3) is 0.862. The van der Waals surface area contributed by atoms with Gasteiger partial charge < -0.3 is 10.2 Å². The van der Waals surface area contributed by atoms with Crippen LogP contribution in [-0.4, -0.2) is 28.3 Å². The molecule has 12 heavy (non-hydrogen) atoms. The van der Waals surface area contributed by atoms with Crippen LogP contribution in [-0.2, 0) is 0 Å². The molecule has 0 saturated carbocycles. The number of hydrogen-bond donors (Lipinski definition) is 2. The lowest BCUT2D eigenvalue weighted by atomic mass is 10.3. The van der Waals surface area contributed by atoms with Gasteiger partial charge in [-0.2, -0.15) is 0 Å². The number of hydrogen-bond acceptors (Lipinski definition) is 2. The van der Waals surface area contributed by atoms with Crippen molar-refractivity contribution >= 4 is 0 Å². The quantitative estimate of drug-likeness (QED) is 0.591. The van der Waals surface area contributed by atoms with Crippen LogP contribution in [0.15, 0.2) is 22.9 Å². The summed E-state index contributed by atoms with van der Waals surface area (Å²) >= 11 is 0. The summed E-state index contributed by atoms with van der Waals surface area (Å²) in [5, 5.41) is 18.9. The summed E-state index contributed by atoms with van der Waals surface area (Å²) in [6, 6.07) is 0. The van der Waals surface area contributed by atoms with E-state index in [-0.39, 0.29) is 11.5 Å². The van der Waals surface area contributed by atoms with Crippen LogP contribution in [0.1, 0.15) is 20.8 Å². The molecule has 2 N–H and O–H groups in total. The first-order valence-electron chi connectivity index (χ1n) is 4.11. The van der Waals surface area contributed by atoms with E-state index < -0.39 is 0 Å². The lowest BCUT2D eigenvalue weighted by molar-refractivity contribution is -0.830. The van der Waals surface area contributed by atoms with Gasteiger partial charge in [-0.1, -0.05) is 0 Å². The Labute approximate surface area is 72.8 Å². The van der Waals surface area contributed by atoms with Crippen molar-refractivity contribution in [3.63, 3.8) is 0 Å². The van der Waals surface area contributed by atoms with E-state index in [9.17, 15) is 10.2 Å². The Morgan fingerprint density at radius 2 is 1.42 bits per heavy atom. The summed E-state index contributed by atoms with van der Waals surface area (Å²) in [4.78, 5) is 0. The fourth-order valence-corrected chi connectivity index (χ4v) is 1.54. The second-order valence-electron chi connectivity index (χ2n) is 3.38. The van der Waals surface area contributed by atoms with Gasteiger partial charge in [-0.25, -0.2) is 0 Å². The number of nitrogens with zero attached hydrogens (tertiary/aromatic N) is 1. The Morgan fingerprint density at radius 3 is 1.58 bits per heavy atom. The van der Waals surface area contributed by atoms with Crippen LogP contribution >= 0.6 is 0 Å². The van der Waals surface area contributed by atoms with Gasteiger partial charge in [0.1, 0.15) is 0 Å². The highest BCUT2D eigenvalue weighted by molar-refractivity contribution is 5.28. The summed E-state index contributed by atoms with van der Waals surface area (Å²) in [5.41, 5.74) is 1.63. The van der Waals surface area contributed by atoms with Crippen molar-refractivity contribution in [1.29, 1.82) is 0 Å². The molecule has 1 aliphatic rings. The van der Waals surface area contributed by atoms with Gasteiger partial charge >= 0.3 is 0 Å². The minimum absolute atomic E-state index is 0.0388. The zero-order valence-electron chi connectivity index (χ0n) is 8.05. The highest BCUT2D eigenvalue weighted by Gasteiger charge is 2.39. The van der Waals surface area contributed by atoms with Gasteiger partial charge in [0, 0.05) is 13.8 Å². The standard InChI is InChI=1S/C9H15NO2/c1-5-10(4)6(2)8(11)9(12)7(10)3/h5H2,1-4H3,(H-,11,12)/p+1. The maximum Gasteiger partial charge on any atom is 0.221 e. The van der Waals surface area contributed by atoms with Gasteiger partial charge in [-0.15, -0.1) is 0 Å². The van der Waals surface area contributed by atoms with Gasteiger partial charge in [0.05, 0.1) is 13.6 Å². The lowest BCUT2D eigenvalue weighted by Gasteiger charge is -2.29. The zero-order chi connectivity index (χ0) is 9.52. The van der Waals surface area contributed by atoms with E-state index in [1.54, 1.807) is 0 Å². The third-order valence-electron chi connectivity index (χ3n) is 3.02. The van der Waals surface area contributed by atoms with E-state index in [0.717, 1.165) is 17.9 Å². The van der Waals surface area contributed by atoms with E-state index in [1.165, 1.54) is 0 Å². The molecule has 0 spiro atoms. The van der Waals surface area contributed by atoms with Crippen molar-refractivity contribution in [3.8, 4) is 0 Å². The maximum atomic E-state index is 9.46. The number of allylic oxidation sites excluding steroid dienone is 2. The average Bonchev–Trinajstić information content (AvgIpc) is 2.22. The van der Waals surface area contributed by atoms with Gasteiger partial charge in [0.15, 0.2) is 11.4 Å². The topological polar surface area (TPSA) is 40.5 Å². The maximum absolute atomic E-state index is 9.46. The fraction of sp³-hybridized carbons (Fsp3) is 0.556. The summed E-state index contributed by atoms with van der Waals surface area (Å²) in [6.45, 7) is 6.54. The number of quaternary nitrogens is 1. The third-order valence-corrected chi connectivity index (χ3v) is 3.02. The highest BCUT2D eigenvalue weighted by Crippen LogP contribution is 2.35. The van der Waals surface area contributed by atoms with Gasteiger partial charge in [-0.05, 0) is 6.92 Å². The van der Waals surface area contributed by atoms with Crippen molar-refractivity contribution in [2.24, 2.45) is 0 Å². The van der Waals surface area contributed by atoms with Crippen molar-refractivity contribution in [2.45, 2.75) is 20.8 Å². The molecule has 0 fully saturated rings. The van der Waals surface area contributed by atoms with E-state index in [0.29, 0.717) is 4.48 Å². The summed E-state index contributed by atoms with van der Waals surface area (Å²) in [5.74, 6) is 0.0775. The number of aliphatic hydroxyl groups is 2. The molecule has 1 aliphatic heterocycles. The molecule has 0 bridgehead atoms. The van der Waals surface area contributed by atoms with E-state index >= 15 is 0 Å². The molecule has 0 aliphatic carbocycles. The van der Waals surface area contributed by atoms with Gasteiger partial charge in [-0.3, -0.25) is 4.48 Å². The van der Waals surface area contributed by atoms with Crippen LogP contribution in [0.4, 0.5) is 0 Å². The molecule has 0 atom stereocenters. The summed E-state index contributed by atoms with van der Waals surface area (Å²) in [7, 11) is 1.98. The van der Waals surface area contributed by atoms with Crippen LogP contribution in [0.25, 0.3) is 0 Å². The fourth-order valence-electron chi connectivity index (χ4n) is 1.54. The van der Waals surface area contributed by atoms with Crippen molar-refractivity contribution in [1.82, 2.24) is 0 Å². The second-order valence-corrected chi connectivity index (χ2v) is 3.38. The van der Waals surface area contributed by atoms with Gasteiger partial charge in [0.2, 0.25) is 11.5 Å². The zero-order valence-corrected chi connectivity index (χ0v) is 8.05. The Kier molecular flexibility index (Phi) is 1.92. The number of rotatable bonds is 1. The van der Waals surface area contributed by atoms with Crippen molar-refractivity contribution < 1.29 is 14.7 Å². The predicted octanol–water partition coefficient (Wildman–Crippen LogP) is 2.05. The van der Waals surface area contributed by atoms with Crippen LogP contribution in [0.5, 0.6) is 0 Å². The molecule has 0 aromatic rings. The molecule has 68 valence electrons. The summed E-state index contributed by atoms with van der Waals surface area (Å²) < 4.78 is 0.525. The SMILES string of the molecule is CC[N+]1(C)C(C)=C(O)C(O)=C1C. The molecule has 0 amide bonds. The average molecular weight is 170 g/mol. The number of aliphatic hydroxyl groups excluding tert-OH is 2.